The second-order valence-electron chi connectivity index (χ2n) is 4.86. The van der Waals surface area contributed by atoms with Crippen molar-refractivity contribution in [2.45, 2.75) is 12.6 Å². The Kier molecular flexibility index (Phi) is 4.91. The van der Waals surface area contributed by atoms with Crippen LogP contribution in [0.2, 0.25) is 0 Å². The van der Waals surface area contributed by atoms with Crippen LogP contribution in [0, 0.1) is 5.82 Å². The Morgan fingerprint density at radius 3 is 2.60 bits per heavy atom. The van der Waals surface area contributed by atoms with Crippen molar-refractivity contribution >= 4 is 15.9 Å². The third-order valence-electron chi connectivity index (χ3n) is 3.04. The van der Waals surface area contributed by atoms with Gasteiger partial charge in [-0.25, -0.2) is 4.39 Å². The van der Waals surface area contributed by atoms with Crippen molar-refractivity contribution in [3.8, 4) is 0 Å². The van der Waals surface area contributed by atoms with E-state index in [9.17, 15) is 9.50 Å². The van der Waals surface area contributed by atoms with E-state index in [1.165, 1.54) is 12.1 Å². The first-order valence-corrected chi connectivity index (χ1v) is 7.08. The maximum Gasteiger partial charge on any atom is 0.123 e. The van der Waals surface area contributed by atoms with Crippen LogP contribution in [0.4, 0.5) is 4.39 Å². The van der Waals surface area contributed by atoms with Gasteiger partial charge in [0.2, 0.25) is 0 Å². The smallest absolute Gasteiger partial charge is 0.123 e. The minimum absolute atomic E-state index is 0.318. The Hall–Kier alpha value is -1.24. The molecule has 108 valence electrons. The summed E-state index contributed by atoms with van der Waals surface area (Å²) in [6.45, 7) is 1.49. The highest BCUT2D eigenvalue weighted by Crippen LogP contribution is 2.28. The molecule has 1 unspecified atom stereocenters. The first kappa shape index (κ1) is 15.2. The van der Waals surface area contributed by atoms with Gasteiger partial charge < -0.3 is 10.0 Å². The molecule has 1 aromatic carbocycles. The third-order valence-corrected chi connectivity index (χ3v) is 3.65. The first-order chi connectivity index (χ1) is 9.49. The fraction of sp³-hybridized carbons (Fsp3) is 0.357. The number of likely N-dealkylation sites (N-methyl/N-ethyl adjacent to an activating group) is 1. The Balaban J connectivity index is 2.26. The number of aliphatic hydroxyl groups is 1. The zero-order valence-corrected chi connectivity index (χ0v) is 13.0. The fourth-order valence-corrected chi connectivity index (χ4v) is 2.43. The number of halogens is 2. The van der Waals surface area contributed by atoms with Crippen LogP contribution in [0.3, 0.4) is 0 Å². The van der Waals surface area contributed by atoms with E-state index in [-0.39, 0.29) is 5.82 Å². The van der Waals surface area contributed by atoms with Crippen LogP contribution >= 0.6 is 15.9 Å². The maximum absolute atomic E-state index is 12.9. The second-order valence-corrected chi connectivity index (χ2v) is 5.71. The van der Waals surface area contributed by atoms with E-state index in [1.807, 2.05) is 19.0 Å². The second kappa shape index (κ2) is 6.47. The van der Waals surface area contributed by atoms with Crippen LogP contribution in [0.1, 0.15) is 17.4 Å². The van der Waals surface area contributed by atoms with E-state index < -0.39 is 6.10 Å². The zero-order valence-electron chi connectivity index (χ0n) is 11.4. The number of hydrogen-bond acceptors (Lipinski definition) is 3. The molecule has 2 rings (SSSR count). The summed E-state index contributed by atoms with van der Waals surface area (Å²) < 4.78 is 15.5. The van der Waals surface area contributed by atoms with E-state index in [0.29, 0.717) is 17.8 Å². The highest BCUT2D eigenvalue weighted by atomic mass is 79.9. The molecule has 1 N–H and O–H groups in total. The molecule has 6 heteroatoms. The SMILES string of the molecule is CN(C)CCn1ncc(Br)c1C(O)c1ccc(F)cc1. The Morgan fingerprint density at radius 2 is 2.00 bits per heavy atom. The summed E-state index contributed by atoms with van der Waals surface area (Å²) in [5.74, 6) is -0.318. The van der Waals surface area contributed by atoms with Gasteiger partial charge in [-0.05, 0) is 47.7 Å². The molecule has 0 saturated carbocycles. The number of nitrogens with zero attached hydrogens (tertiary/aromatic N) is 3. The summed E-state index contributed by atoms with van der Waals surface area (Å²) in [7, 11) is 3.96. The molecule has 0 radical (unpaired) electrons. The largest absolute Gasteiger partial charge is 0.382 e. The number of aliphatic hydroxyl groups excluding tert-OH is 1. The van der Waals surface area contributed by atoms with Crippen LogP contribution in [-0.4, -0.2) is 40.4 Å². The zero-order chi connectivity index (χ0) is 14.7. The third kappa shape index (κ3) is 3.45. The van der Waals surface area contributed by atoms with Gasteiger partial charge in [0, 0.05) is 6.54 Å². The molecule has 4 nitrogen and oxygen atoms in total. The lowest BCUT2D eigenvalue weighted by atomic mass is 10.1. The van der Waals surface area contributed by atoms with E-state index in [4.69, 9.17) is 0 Å². The summed E-state index contributed by atoms with van der Waals surface area (Å²) in [5, 5.41) is 14.7. The van der Waals surface area contributed by atoms with Gasteiger partial charge in [0.05, 0.1) is 22.9 Å². The topological polar surface area (TPSA) is 41.3 Å². The summed E-state index contributed by atoms with van der Waals surface area (Å²) in [6.07, 6.45) is 0.826. The van der Waals surface area contributed by atoms with Crippen LogP contribution in [-0.2, 0) is 6.54 Å². The van der Waals surface area contributed by atoms with Crippen molar-refractivity contribution in [3.05, 3.63) is 52.0 Å². The lowest BCUT2D eigenvalue weighted by molar-refractivity contribution is 0.204. The molecule has 0 bridgehead atoms. The van der Waals surface area contributed by atoms with Crippen molar-refractivity contribution in [1.29, 1.82) is 0 Å². The highest BCUT2D eigenvalue weighted by Gasteiger charge is 2.19. The average Bonchev–Trinajstić information content (AvgIpc) is 2.77. The van der Waals surface area contributed by atoms with Gasteiger partial charge in [-0.1, -0.05) is 12.1 Å². The molecule has 1 heterocycles. The number of aromatic nitrogens is 2. The number of benzene rings is 1. The van der Waals surface area contributed by atoms with Gasteiger partial charge in [0.15, 0.2) is 0 Å². The molecule has 20 heavy (non-hydrogen) atoms. The van der Waals surface area contributed by atoms with Crippen LogP contribution in [0.15, 0.2) is 34.9 Å². The summed E-state index contributed by atoms with van der Waals surface area (Å²) in [4.78, 5) is 2.05. The molecular weight excluding hydrogens is 325 g/mol. The normalized spacial score (nSPS) is 12.9. The van der Waals surface area contributed by atoms with Crippen molar-refractivity contribution in [2.24, 2.45) is 0 Å². The Labute approximate surface area is 126 Å². The molecular formula is C14H17BrFN3O. The van der Waals surface area contributed by atoms with E-state index in [2.05, 4.69) is 21.0 Å². The maximum atomic E-state index is 12.9. The molecule has 0 spiro atoms. The lowest BCUT2D eigenvalue weighted by Gasteiger charge is -2.16. The van der Waals surface area contributed by atoms with Gasteiger partial charge in [-0.15, -0.1) is 0 Å². The van der Waals surface area contributed by atoms with Gasteiger partial charge in [0.25, 0.3) is 0 Å². The molecule has 0 aliphatic carbocycles. The summed E-state index contributed by atoms with van der Waals surface area (Å²) in [6, 6.07) is 5.84. The van der Waals surface area contributed by atoms with Crippen LogP contribution in [0.5, 0.6) is 0 Å². The van der Waals surface area contributed by atoms with Gasteiger partial charge in [-0.2, -0.15) is 5.10 Å². The van der Waals surface area contributed by atoms with Gasteiger partial charge in [-0.3, -0.25) is 4.68 Å². The highest BCUT2D eigenvalue weighted by molar-refractivity contribution is 9.10. The quantitative estimate of drug-likeness (QED) is 0.908. The van der Waals surface area contributed by atoms with Crippen molar-refractivity contribution < 1.29 is 9.50 Å². The molecule has 0 aliphatic rings. The standard InChI is InChI=1S/C14H17BrFN3O/c1-18(2)7-8-19-13(12(15)9-17-19)14(20)10-3-5-11(16)6-4-10/h3-6,9,14,20H,7-8H2,1-2H3. The molecule has 0 saturated heterocycles. The predicted molar refractivity (Wildman–Crippen MR) is 78.9 cm³/mol. The summed E-state index contributed by atoms with van der Waals surface area (Å²) >= 11 is 3.41. The number of rotatable bonds is 5. The van der Waals surface area contributed by atoms with Gasteiger partial charge >= 0.3 is 0 Å². The average molecular weight is 342 g/mol. The van der Waals surface area contributed by atoms with Crippen molar-refractivity contribution in [3.63, 3.8) is 0 Å². The number of hydrogen-bond donors (Lipinski definition) is 1. The monoisotopic (exact) mass is 341 g/mol. The minimum atomic E-state index is -0.838. The molecule has 1 atom stereocenters. The molecule has 2 aromatic rings. The molecule has 1 aromatic heterocycles. The van der Waals surface area contributed by atoms with E-state index in [1.54, 1.807) is 23.0 Å². The molecule has 0 fully saturated rings. The lowest BCUT2D eigenvalue weighted by Crippen LogP contribution is -2.21. The summed E-state index contributed by atoms with van der Waals surface area (Å²) in [5.41, 5.74) is 1.32. The van der Waals surface area contributed by atoms with Crippen molar-refractivity contribution in [1.82, 2.24) is 14.7 Å². The van der Waals surface area contributed by atoms with E-state index >= 15 is 0 Å². The van der Waals surface area contributed by atoms with Gasteiger partial charge in [0.1, 0.15) is 11.9 Å². The molecule has 0 amide bonds. The molecule has 0 aliphatic heterocycles. The Morgan fingerprint density at radius 1 is 1.35 bits per heavy atom. The van der Waals surface area contributed by atoms with E-state index in [0.717, 1.165) is 11.0 Å². The predicted octanol–water partition coefficient (Wildman–Crippen LogP) is 2.43. The first-order valence-electron chi connectivity index (χ1n) is 6.28. The minimum Gasteiger partial charge on any atom is -0.382 e. The van der Waals surface area contributed by atoms with Crippen LogP contribution in [0.25, 0.3) is 0 Å². The fourth-order valence-electron chi connectivity index (χ4n) is 1.92. The van der Waals surface area contributed by atoms with Crippen LogP contribution < -0.4 is 0 Å². The Bertz CT molecular complexity index is 568. The van der Waals surface area contributed by atoms with Crippen molar-refractivity contribution in [2.75, 3.05) is 20.6 Å².